The first-order valence-electron chi connectivity index (χ1n) is 9.38. The van der Waals surface area contributed by atoms with E-state index in [0.29, 0.717) is 28.8 Å². The van der Waals surface area contributed by atoms with Gasteiger partial charge in [0, 0.05) is 43.1 Å². The molecule has 0 aliphatic carbocycles. The highest BCUT2D eigenvalue weighted by Gasteiger charge is 2.35. The molecule has 2 aromatic carbocycles. The Labute approximate surface area is 167 Å². The quantitative estimate of drug-likeness (QED) is 0.674. The summed E-state index contributed by atoms with van der Waals surface area (Å²) in [6.07, 6.45) is -0.413. The SMILES string of the molecule is COc1cc2nc(N3CCC(F)(F)CC3)nc(Nc3ccccc3)c2cc1OC. The van der Waals surface area contributed by atoms with Crippen LogP contribution in [0.25, 0.3) is 10.9 Å². The molecule has 0 spiro atoms. The van der Waals surface area contributed by atoms with Crippen LogP contribution in [-0.4, -0.2) is 43.2 Å². The van der Waals surface area contributed by atoms with Crippen molar-refractivity contribution in [2.24, 2.45) is 0 Å². The summed E-state index contributed by atoms with van der Waals surface area (Å²) >= 11 is 0. The molecule has 1 saturated heterocycles. The van der Waals surface area contributed by atoms with Crippen molar-refractivity contribution in [3.8, 4) is 11.5 Å². The zero-order valence-electron chi connectivity index (χ0n) is 16.3. The van der Waals surface area contributed by atoms with E-state index in [4.69, 9.17) is 9.47 Å². The predicted molar refractivity (Wildman–Crippen MR) is 109 cm³/mol. The van der Waals surface area contributed by atoms with Crippen molar-refractivity contribution in [3.63, 3.8) is 0 Å². The average molecular weight is 400 g/mol. The molecule has 8 heteroatoms. The Kier molecular flexibility index (Phi) is 5.08. The van der Waals surface area contributed by atoms with Gasteiger partial charge in [-0.15, -0.1) is 0 Å². The third kappa shape index (κ3) is 4.01. The highest BCUT2D eigenvalue weighted by molar-refractivity contribution is 5.94. The molecule has 1 N–H and O–H groups in total. The van der Waals surface area contributed by atoms with Gasteiger partial charge in [0.2, 0.25) is 5.95 Å². The van der Waals surface area contributed by atoms with Gasteiger partial charge in [-0.05, 0) is 18.2 Å². The number of anilines is 3. The fourth-order valence-electron chi connectivity index (χ4n) is 3.37. The fourth-order valence-corrected chi connectivity index (χ4v) is 3.37. The van der Waals surface area contributed by atoms with Crippen molar-refractivity contribution < 1.29 is 18.3 Å². The highest BCUT2D eigenvalue weighted by atomic mass is 19.3. The minimum absolute atomic E-state index is 0.205. The molecule has 0 bridgehead atoms. The molecule has 0 radical (unpaired) electrons. The number of benzene rings is 2. The Morgan fingerprint density at radius 1 is 0.966 bits per heavy atom. The average Bonchev–Trinajstić information content (AvgIpc) is 2.73. The largest absolute Gasteiger partial charge is 0.493 e. The van der Waals surface area contributed by atoms with Gasteiger partial charge in [-0.2, -0.15) is 4.98 Å². The van der Waals surface area contributed by atoms with Gasteiger partial charge < -0.3 is 19.7 Å². The first-order chi connectivity index (χ1) is 14.0. The molecule has 3 aromatic rings. The summed E-state index contributed by atoms with van der Waals surface area (Å²) < 4.78 is 38.0. The summed E-state index contributed by atoms with van der Waals surface area (Å²) in [5.74, 6) is -0.534. The number of aromatic nitrogens is 2. The molecule has 29 heavy (non-hydrogen) atoms. The first-order valence-corrected chi connectivity index (χ1v) is 9.38. The highest BCUT2D eigenvalue weighted by Crippen LogP contribution is 2.37. The van der Waals surface area contributed by atoms with E-state index in [1.54, 1.807) is 25.2 Å². The standard InChI is InChI=1S/C21H22F2N4O2/c1-28-17-12-15-16(13-18(17)29-2)25-20(27-10-8-21(22,23)9-11-27)26-19(15)24-14-6-4-3-5-7-14/h3-7,12-13H,8-11H2,1-2H3,(H,24,25,26). The van der Waals surface area contributed by atoms with Crippen LogP contribution in [0.4, 0.5) is 26.2 Å². The van der Waals surface area contributed by atoms with Crippen LogP contribution in [0.3, 0.4) is 0 Å². The molecule has 1 aliphatic rings. The Balaban J connectivity index is 1.80. The lowest BCUT2D eigenvalue weighted by Gasteiger charge is -2.32. The summed E-state index contributed by atoms with van der Waals surface area (Å²) in [6.45, 7) is 0.410. The van der Waals surface area contributed by atoms with Crippen LogP contribution in [0.15, 0.2) is 42.5 Å². The van der Waals surface area contributed by atoms with Gasteiger partial charge in [0.25, 0.3) is 5.92 Å². The Morgan fingerprint density at radius 2 is 1.62 bits per heavy atom. The minimum Gasteiger partial charge on any atom is -0.493 e. The summed E-state index contributed by atoms with van der Waals surface area (Å²) in [7, 11) is 3.12. The number of nitrogens with zero attached hydrogens (tertiary/aromatic N) is 3. The van der Waals surface area contributed by atoms with Crippen LogP contribution < -0.4 is 19.7 Å². The molecule has 4 rings (SSSR count). The Morgan fingerprint density at radius 3 is 2.28 bits per heavy atom. The molecule has 0 amide bonds. The van der Waals surface area contributed by atoms with Crippen molar-refractivity contribution in [2.75, 3.05) is 37.5 Å². The maximum Gasteiger partial charge on any atom is 0.251 e. The molecular weight excluding hydrogens is 378 g/mol. The second-order valence-corrected chi connectivity index (χ2v) is 6.93. The maximum absolute atomic E-state index is 13.6. The van der Waals surface area contributed by atoms with E-state index < -0.39 is 5.92 Å². The van der Waals surface area contributed by atoms with E-state index in [9.17, 15) is 8.78 Å². The van der Waals surface area contributed by atoms with Gasteiger partial charge in [0.1, 0.15) is 5.82 Å². The molecule has 2 heterocycles. The second-order valence-electron chi connectivity index (χ2n) is 6.93. The normalized spacial score (nSPS) is 15.9. The molecule has 0 unspecified atom stereocenters. The molecule has 0 atom stereocenters. The number of hydrogen-bond acceptors (Lipinski definition) is 6. The second kappa shape index (κ2) is 7.69. The number of piperidine rings is 1. The lowest BCUT2D eigenvalue weighted by molar-refractivity contribution is -0.0222. The van der Waals surface area contributed by atoms with Gasteiger partial charge in [-0.1, -0.05) is 18.2 Å². The van der Waals surface area contributed by atoms with E-state index in [2.05, 4.69) is 15.3 Å². The van der Waals surface area contributed by atoms with Crippen LogP contribution >= 0.6 is 0 Å². The summed E-state index contributed by atoms with van der Waals surface area (Å²) in [6, 6.07) is 13.2. The molecule has 6 nitrogen and oxygen atoms in total. The van der Waals surface area contributed by atoms with Crippen LogP contribution in [0.5, 0.6) is 11.5 Å². The Hall–Kier alpha value is -3.16. The number of fused-ring (bicyclic) bond motifs is 1. The number of halogens is 2. The molecule has 1 fully saturated rings. The fraction of sp³-hybridized carbons (Fsp3) is 0.333. The predicted octanol–water partition coefficient (Wildman–Crippen LogP) is 4.63. The van der Waals surface area contributed by atoms with Gasteiger partial charge in [0.05, 0.1) is 19.7 Å². The van der Waals surface area contributed by atoms with Crippen molar-refractivity contribution >= 4 is 28.4 Å². The zero-order valence-corrected chi connectivity index (χ0v) is 16.3. The molecular formula is C21H22F2N4O2. The summed E-state index contributed by atoms with van der Waals surface area (Å²) in [4.78, 5) is 11.1. The lowest BCUT2D eigenvalue weighted by Crippen LogP contribution is -2.40. The number of nitrogens with one attached hydrogen (secondary N) is 1. The number of alkyl halides is 2. The monoisotopic (exact) mass is 400 g/mol. The third-order valence-corrected chi connectivity index (χ3v) is 5.00. The number of rotatable bonds is 5. The van der Waals surface area contributed by atoms with Crippen LogP contribution in [-0.2, 0) is 0 Å². The van der Waals surface area contributed by atoms with E-state index in [1.165, 1.54) is 0 Å². The van der Waals surface area contributed by atoms with Crippen LogP contribution in [0.1, 0.15) is 12.8 Å². The third-order valence-electron chi connectivity index (χ3n) is 5.00. The van der Waals surface area contributed by atoms with Gasteiger partial charge in [0.15, 0.2) is 11.5 Å². The molecule has 1 aliphatic heterocycles. The number of para-hydroxylation sites is 1. The van der Waals surface area contributed by atoms with Crippen molar-refractivity contribution in [1.29, 1.82) is 0 Å². The number of methoxy groups -OCH3 is 2. The van der Waals surface area contributed by atoms with E-state index in [-0.39, 0.29) is 25.9 Å². The number of hydrogen-bond donors (Lipinski definition) is 1. The van der Waals surface area contributed by atoms with E-state index >= 15 is 0 Å². The molecule has 1 aromatic heterocycles. The molecule has 0 saturated carbocycles. The zero-order chi connectivity index (χ0) is 20.4. The van der Waals surface area contributed by atoms with E-state index in [0.717, 1.165) is 11.1 Å². The maximum atomic E-state index is 13.6. The number of ether oxygens (including phenoxy) is 2. The van der Waals surface area contributed by atoms with Crippen molar-refractivity contribution in [2.45, 2.75) is 18.8 Å². The minimum atomic E-state index is -2.63. The Bertz CT molecular complexity index is 1000. The topological polar surface area (TPSA) is 59.5 Å². The smallest absolute Gasteiger partial charge is 0.251 e. The van der Waals surface area contributed by atoms with Gasteiger partial charge in [-0.25, -0.2) is 13.8 Å². The lowest BCUT2D eigenvalue weighted by atomic mass is 10.1. The van der Waals surface area contributed by atoms with Crippen LogP contribution in [0.2, 0.25) is 0 Å². The molecule has 152 valence electrons. The first kappa shape index (κ1) is 19.2. The van der Waals surface area contributed by atoms with Gasteiger partial charge in [-0.3, -0.25) is 0 Å². The van der Waals surface area contributed by atoms with Crippen molar-refractivity contribution in [1.82, 2.24) is 9.97 Å². The summed E-state index contributed by atoms with van der Waals surface area (Å²) in [5.41, 5.74) is 1.50. The van der Waals surface area contributed by atoms with Crippen LogP contribution in [0, 0.1) is 0 Å². The van der Waals surface area contributed by atoms with Crippen molar-refractivity contribution in [3.05, 3.63) is 42.5 Å². The summed E-state index contributed by atoms with van der Waals surface area (Å²) in [5, 5.41) is 4.06. The van der Waals surface area contributed by atoms with E-state index in [1.807, 2.05) is 36.4 Å². The van der Waals surface area contributed by atoms with Gasteiger partial charge >= 0.3 is 0 Å².